The third kappa shape index (κ3) is 6.95. The molecule has 3 N–H and O–H groups in total. The molecule has 1 unspecified atom stereocenters. The number of amides is 2. The smallest absolute Gasteiger partial charge is 0.408 e. The van der Waals surface area contributed by atoms with Gasteiger partial charge in [0.1, 0.15) is 6.54 Å². The predicted molar refractivity (Wildman–Crippen MR) is 75.2 cm³/mol. The summed E-state index contributed by atoms with van der Waals surface area (Å²) in [4.78, 5) is 23.5. The highest BCUT2D eigenvalue weighted by Crippen LogP contribution is 2.28. The van der Waals surface area contributed by atoms with Gasteiger partial charge in [-0.3, -0.25) is 4.79 Å². The zero-order valence-corrected chi connectivity index (χ0v) is 12.1. The van der Waals surface area contributed by atoms with Crippen molar-refractivity contribution >= 4 is 12.0 Å². The molecule has 1 saturated carbocycles. The molecule has 21 heavy (non-hydrogen) atoms. The lowest BCUT2D eigenvalue weighted by atomic mass is 9.85. The van der Waals surface area contributed by atoms with Gasteiger partial charge in [-0.1, -0.05) is 32.1 Å². The first kappa shape index (κ1) is 17.2. The van der Waals surface area contributed by atoms with E-state index in [9.17, 15) is 9.59 Å². The number of aliphatic hydroxyl groups excluding tert-OH is 1. The molecule has 0 saturated heterocycles. The number of nitriles is 1. The van der Waals surface area contributed by atoms with Crippen molar-refractivity contribution in [2.24, 2.45) is 5.92 Å². The molecule has 118 valence electrons. The van der Waals surface area contributed by atoms with Crippen molar-refractivity contribution in [2.45, 2.75) is 44.6 Å². The molecule has 0 radical (unpaired) electrons. The molecule has 0 aromatic heterocycles. The fourth-order valence-electron chi connectivity index (χ4n) is 2.50. The van der Waals surface area contributed by atoms with Crippen LogP contribution in [0.2, 0.25) is 0 Å². The van der Waals surface area contributed by atoms with E-state index < -0.39 is 18.1 Å². The van der Waals surface area contributed by atoms with Gasteiger partial charge >= 0.3 is 6.09 Å². The van der Waals surface area contributed by atoms with Crippen molar-refractivity contribution in [3.63, 3.8) is 0 Å². The van der Waals surface area contributed by atoms with Gasteiger partial charge in [-0.25, -0.2) is 4.79 Å². The average molecular weight is 297 g/mol. The number of aliphatic hydroxyl groups is 1. The third-order valence-corrected chi connectivity index (χ3v) is 3.54. The summed E-state index contributed by atoms with van der Waals surface area (Å²) in [5.74, 6) is -0.0801. The Morgan fingerprint density at radius 1 is 1.29 bits per heavy atom. The molecule has 7 nitrogen and oxygen atoms in total. The summed E-state index contributed by atoms with van der Waals surface area (Å²) < 4.78 is 5.13. The lowest BCUT2D eigenvalue weighted by molar-refractivity contribution is -0.130. The zero-order valence-electron chi connectivity index (χ0n) is 12.1. The Kier molecular flexibility index (Phi) is 8.21. The van der Waals surface area contributed by atoms with Gasteiger partial charge in [0.2, 0.25) is 0 Å². The molecule has 1 atom stereocenters. The minimum Gasteiger partial charge on any atom is -0.436 e. The van der Waals surface area contributed by atoms with Crippen LogP contribution in [-0.2, 0) is 9.53 Å². The predicted octanol–water partition coefficient (Wildman–Crippen LogP) is 0.684. The topological polar surface area (TPSA) is 111 Å². The molecule has 0 aromatic carbocycles. The van der Waals surface area contributed by atoms with Crippen LogP contribution in [0.5, 0.6) is 0 Å². The van der Waals surface area contributed by atoms with Crippen molar-refractivity contribution in [3.05, 3.63) is 0 Å². The van der Waals surface area contributed by atoms with E-state index in [1.165, 1.54) is 6.42 Å². The van der Waals surface area contributed by atoms with Gasteiger partial charge in [0.25, 0.3) is 5.91 Å². The van der Waals surface area contributed by atoms with E-state index in [0.717, 1.165) is 25.7 Å². The van der Waals surface area contributed by atoms with E-state index in [2.05, 4.69) is 10.6 Å². The summed E-state index contributed by atoms with van der Waals surface area (Å²) in [6.45, 7) is -0.223. The Hall–Kier alpha value is -1.81. The number of hydrogen-bond donors (Lipinski definition) is 3. The highest BCUT2D eigenvalue weighted by Gasteiger charge is 2.27. The number of nitrogens with zero attached hydrogens (tertiary/aromatic N) is 1. The minimum atomic E-state index is -0.889. The van der Waals surface area contributed by atoms with Crippen molar-refractivity contribution in [1.82, 2.24) is 10.6 Å². The molecule has 0 bridgehead atoms. The summed E-state index contributed by atoms with van der Waals surface area (Å²) in [6, 6.07) is 1.82. The monoisotopic (exact) mass is 297 g/mol. The number of carbonyl (C=O) groups is 2. The minimum absolute atomic E-state index is 0.0782. The summed E-state index contributed by atoms with van der Waals surface area (Å²) >= 11 is 0. The van der Waals surface area contributed by atoms with E-state index in [4.69, 9.17) is 15.1 Å². The SMILES string of the molecule is N#CCNC(=O)C(CC1CCCCC1)OC(=O)NCCO. The van der Waals surface area contributed by atoms with E-state index >= 15 is 0 Å². The van der Waals surface area contributed by atoms with Gasteiger partial charge in [-0.15, -0.1) is 0 Å². The Morgan fingerprint density at radius 3 is 2.62 bits per heavy atom. The molecule has 1 rings (SSSR count). The Labute approximate surface area is 124 Å². The number of alkyl carbamates (subject to hydrolysis) is 1. The van der Waals surface area contributed by atoms with E-state index in [1.54, 1.807) is 0 Å². The normalized spacial score (nSPS) is 16.6. The molecule has 0 spiro atoms. The molecule has 1 aliphatic carbocycles. The first-order chi connectivity index (χ1) is 10.2. The number of nitrogens with one attached hydrogen (secondary N) is 2. The molecular weight excluding hydrogens is 274 g/mol. The van der Waals surface area contributed by atoms with Crippen LogP contribution in [0.15, 0.2) is 0 Å². The van der Waals surface area contributed by atoms with Crippen molar-refractivity contribution in [2.75, 3.05) is 19.7 Å². The van der Waals surface area contributed by atoms with Crippen LogP contribution in [0.3, 0.4) is 0 Å². The second-order valence-corrected chi connectivity index (χ2v) is 5.16. The Morgan fingerprint density at radius 2 is 2.00 bits per heavy atom. The van der Waals surface area contributed by atoms with Crippen molar-refractivity contribution in [1.29, 1.82) is 5.26 Å². The quantitative estimate of drug-likeness (QED) is 0.598. The molecule has 7 heteroatoms. The largest absolute Gasteiger partial charge is 0.436 e. The van der Waals surface area contributed by atoms with Gasteiger partial charge in [0.15, 0.2) is 6.10 Å². The van der Waals surface area contributed by atoms with Crippen molar-refractivity contribution < 1.29 is 19.4 Å². The van der Waals surface area contributed by atoms with Crippen LogP contribution >= 0.6 is 0 Å². The van der Waals surface area contributed by atoms with Crippen LogP contribution in [0.25, 0.3) is 0 Å². The molecule has 0 aromatic rings. The highest BCUT2D eigenvalue weighted by molar-refractivity contribution is 5.83. The summed E-state index contributed by atoms with van der Waals surface area (Å²) in [5, 5.41) is 21.9. The highest BCUT2D eigenvalue weighted by atomic mass is 16.6. The maximum atomic E-state index is 12.0. The first-order valence-electron chi connectivity index (χ1n) is 7.37. The van der Waals surface area contributed by atoms with Gasteiger partial charge in [0.05, 0.1) is 12.7 Å². The fraction of sp³-hybridized carbons (Fsp3) is 0.786. The van der Waals surface area contributed by atoms with Crippen LogP contribution in [0.1, 0.15) is 38.5 Å². The van der Waals surface area contributed by atoms with Gasteiger partial charge in [-0.2, -0.15) is 5.26 Å². The standard InChI is InChI=1S/C14H23N3O4/c15-6-7-16-13(19)12(21-14(20)17-8-9-18)10-11-4-2-1-3-5-11/h11-12,18H,1-5,7-10H2,(H,16,19)(H,17,20). The molecule has 0 aliphatic heterocycles. The maximum absolute atomic E-state index is 12.0. The number of ether oxygens (including phenoxy) is 1. The lowest BCUT2D eigenvalue weighted by Crippen LogP contribution is -2.42. The number of carbonyl (C=O) groups excluding carboxylic acids is 2. The fourth-order valence-corrected chi connectivity index (χ4v) is 2.50. The number of hydrogen-bond acceptors (Lipinski definition) is 5. The van der Waals surface area contributed by atoms with E-state index in [0.29, 0.717) is 12.3 Å². The lowest BCUT2D eigenvalue weighted by Gasteiger charge is -2.25. The van der Waals surface area contributed by atoms with Crippen LogP contribution in [0.4, 0.5) is 4.79 Å². The third-order valence-electron chi connectivity index (χ3n) is 3.54. The summed E-state index contributed by atoms with van der Waals surface area (Å²) in [5.41, 5.74) is 0. The second-order valence-electron chi connectivity index (χ2n) is 5.16. The molecule has 1 fully saturated rings. The Balaban J connectivity index is 2.53. The van der Waals surface area contributed by atoms with Crippen molar-refractivity contribution in [3.8, 4) is 6.07 Å². The second kappa shape index (κ2) is 10.00. The van der Waals surface area contributed by atoms with Crippen LogP contribution < -0.4 is 10.6 Å². The van der Waals surface area contributed by atoms with E-state index in [1.807, 2.05) is 6.07 Å². The van der Waals surface area contributed by atoms with E-state index in [-0.39, 0.29) is 19.7 Å². The molecule has 2 amide bonds. The maximum Gasteiger partial charge on any atom is 0.408 e. The molecular formula is C14H23N3O4. The van der Waals surface area contributed by atoms with Gasteiger partial charge in [0, 0.05) is 6.54 Å². The summed E-state index contributed by atoms with van der Waals surface area (Å²) in [7, 11) is 0. The van der Waals surface area contributed by atoms with Gasteiger partial charge in [-0.05, 0) is 12.3 Å². The Bertz CT molecular complexity index is 375. The molecule has 1 aliphatic rings. The number of rotatable bonds is 7. The average Bonchev–Trinajstić information content (AvgIpc) is 2.51. The zero-order chi connectivity index (χ0) is 15.5. The van der Waals surface area contributed by atoms with Crippen LogP contribution in [-0.4, -0.2) is 42.9 Å². The van der Waals surface area contributed by atoms with Gasteiger partial charge < -0.3 is 20.5 Å². The first-order valence-corrected chi connectivity index (χ1v) is 7.37. The van der Waals surface area contributed by atoms with Crippen LogP contribution in [0, 0.1) is 17.2 Å². The summed E-state index contributed by atoms with van der Waals surface area (Å²) in [6.07, 6.45) is 4.40. The molecule has 0 heterocycles.